The molecule has 40 heavy (non-hydrogen) atoms. The van der Waals surface area contributed by atoms with E-state index >= 15 is 0 Å². The number of thiazole rings is 1. The van der Waals surface area contributed by atoms with Crippen LogP contribution in [0, 0.1) is 0 Å². The molecule has 0 saturated heterocycles. The van der Waals surface area contributed by atoms with Crippen LogP contribution in [0.4, 0.5) is 5.13 Å². The van der Waals surface area contributed by atoms with Gasteiger partial charge in [0.05, 0.1) is 46.7 Å². The third kappa shape index (κ3) is 6.36. The van der Waals surface area contributed by atoms with Gasteiger partial charge in [-0.25, -0.2) is 19.7 Å². The van der Waals surface area contributed by atoms with E-state index in [1.165, 1.54) is 0 Å². The predicted octanol–water partition coefficient (Wildman–Crippen LogP) is 5.32. The van der Waals surface area contributed by atoms with E-state index in [1.54, 1.807) is 30.5 Å². The van der Waals surface area contributed by atoms with E-state index in [1.807, 2.05) is 60.7 Å². The first kappa shape index (κ1) is 26.6. The van der Waals surface area contributed by atoms with Crippen LogP contribution < -0.4 is 5.32 Å². The molecule has 0 unspecified atom stereocenters. The molecule has 0 spiro atoms. The fourth-order valence-corrected chi connectivity index (χ4v) is 4.68. The lowest BCUT2D eigenvalue weighted by atomic mass is 10.0. The summed E-state index contributed by atoms with van der Waals surface area (Å²) in [6.07, 6.45) is 0.0128. The van der Waals surface area contributed by atoms with Crippen molar-refractivity contribution in [3.8, 4) is 22.5 Å². The van der Waals surface area contributed by atoms with Crippen molar-refractivity contribution in [3.63, 3.8) is 0 Å². The van der Waals surface area contributed by atoms with Crippen molar-refractivity contribution < 1.29 is 23.9 Å². The van der Waals surface area contributed by atoms with Gasteiger partial charge in [-0.3, -0.25) is 14.9 Å². The van der Waals surface area contributed by atoms with Crippen LogP contribution in [-0.2, 0) is 25.5 Å². The second kappa shape index (κ2) is 12.3. The van der Waals surface area contributed by atoms with Crippen molar-refractivity contribution >= 4 is 45.3 Å². The largest absolute Gasteiger partial charge is 0.466 e. The van der Waals surface area contributed by atoms with Crippen LogP contribution in [0.5, 0.6) is 0 Å². The molecule has 0 aliphatic heterocycles. The molecule has 0 aliphatic rings. The maximum Gasteiger partial charge on any atom is 0.338 e. The second-order valence-corrected chi connectivity index (χ2v) is 9.46. The third-order valence-electron chi connectivity index (χ3n) is 5.76. The van der Waals surface area contributed by atoms with Gasteiger partial charge in [-0.2, -0.15) is 0 Å². The second-order valence-electron chi connectivity index (χ2n) is 8.61. The molecule has 10 heteroatoms. The number of rotatable bonds is 9. The Bertz CT molecular complexity index is 1670. The lowest BCUT2D eigenvalue weighted by Crippen LogP contribution is -2.21. The molecule has 0 fully saturated rings. The Kier molecular flexibility index (Phi) is 8.17. The lowest BCUT2D eigenvalue weighted by Gasteiger charge is -2.11. The van der Waals surface area contributed by atoms with Crippen molar-refractivity contribution in [2.45, 2.75) is 13.3 Å². The van der Waals surface area contributed by atoms with Crippen LogP contribution >= 0.6 is 11.3 Å². The maximum absolute atomic E-state index is 12.8. The number of hydrogen-bond donors (Lipinski definition) is 1. The molecule has 1 amide bonds. The van der Waals surface area contributed by atoms with Gasteiger partial charge in [-0.05, 0) is 25.1 Å². The zero-order valence-corrected chi connectivity index (χ0v) is 22.3. The predicted molar refractivity (Wildman–Crippen MR) is 152 cm³/mol. The lowest BCUT2D eigenvalue weighted by molar-refractivity contribution is -0.142. The molecule has 0 saturated carbocycles. The molecule has 5 rings (SSSR count). The van der Waals surface area contributed by atoms with E-state index in [0.717, 1.165) is 28.2 Å². The highest BCUT2D eigenvalue weighted by atomic mass is 32.1. The first-order chi connectivity index (χ1) is 19.5. The summed E-state index contributed by atoms with van der Waals surface area (Å²) in [5.41, 5.74) is 5.12. The fourth-order valence-electron chi connectivity index (χ4n) is 3.95. The average molecular weight is 553 g/mol. The SMILES string of the molecule is CCOC(=O)Cc1csc(NC(=O)COC(=O)c2ccc3nc(-c4ccccc4)c(-c4ccccc4)nc3c2)n1. The number of anilines is 1. The first-order valence-electron chi connectivity index (χ1n) is 12.5. The molecule has 0 atom stereocenters. The van der Waals surface area contributed by atoms with Crippen LogP contribution in [-0.4, -0.2) is 46.0 Å². The molecule has 5 aromatic rings. The molecule has 2 aromatic heterocycles. The molecule has 0 aliphatic carbocycles. The van der Waals surface area contributed by atoms with Gasteiger partial charge in [0, 0.05) is 16.5 Å². The Morgan fingerprint density at radius 1 is 0.800 bits per heavy atom. The number of aromatic nitrogens is 3. The summed E-state index contributed by atoms with van der Waals surface area (Å²) < 4.78 is 10.1. The van der Waals surface area contributed by atoms with E-state index < -0.39 is 24.5 Å². The highest BCUT2D eigenvalue weighted by Crippen LogP contribution is 2.31. The maximum atomic E-state index is 12.8. The van der Waals surface area contributed by atoms with Crippen molar-refractivity contribution in [2.75, 3.05) is 18.5 Å². The van der Waals surface area contributed by atoms with Crippen LogP contribution in [0.1, 0.15) is 23.0 Å². The van der Waals surface area contributed by atoms with Crippen LogP contribution in [0.15, 0.2) is 84.2 Å². The number of fused-ring (bicyclic) bond motifs is 1. The monoisotopic (exact) mass is 552 g/mol. The number of carbonyl (C=O) groups is 3. The Balaban J connectivity index is 1.30. The normalized spacial score (nSPS) is 10.7. The Morgan fingerprint density at radius 3 is 2.10 bits per heavy atom. The quantitative estimate of drug-likeness (QED) is 0.244. The minimum absolute atomic E-state index is 0.0128. The number of carbonyl (C=O) groups excluding carboxylic acids is 3. The van der Waals surface area contributed by atoms with E-state index in [0.29, 0.717) is 27.6 Å². The molecule has 9 nitrogen and oxygen atoms in total. The number of nitrogens with one attached hydrogen (secondary N) is 1. The van der Waals surface area contributed by atoms with Gasteiger partial charge in [-0.1, -0.05) is 60.7 Å². The number of benzene rings is 3. The van der Waals surface area contributed by atoms with Gasteiger partial charge in [-0.15, -0.1) is 11.3 Å². The van der Waals surface area contributed by atoms with Gasteiger partial charge >= 0.3 is 11.9 Å². The molecule has 3 aromatic carbocycles. The van der Waals surface area contributed by atoms with E-state index in [9.17, 15) is 14.4 Å². The molecule has 200 valence electrons. The zero-order chi connectivity index (χ0) is 27.9. The summed E-state index contributed by atoms with van der Waals surface area (Å²) in [5.74, 6) is -1.62. The number of nitrogens with zero attached hydrogens (tertiary/aromatic N) is 3. The average Bonchev–Trinajstić information content (AvgIpc) is 3.42. The van der Waals surface area contributed by atoms with Gasteiger partial charge in [0.25, 0.3) is 5.91 Å². The first-order valence-corrected chi connectivity index (χ1v) is 13.4. The van der Waals surface area contributed by atoms with Crippen molar-refractivity contribution in [3.05, 3.63) is 95.5 Å². The van der Waals surface area contributed by atoms with Gasteiger partial charge in [0.2, 0.25) is 0 Å². The Morgan fingerprint density at radius 2 is 1.45 bits per heavy atom. The summed E-state index contributed by atoms with van der Waals surface area (Å²) in [6, 6.07) is 24.4. The molecule has 1 N–H and O–H groups in total. The van der Waals surface area contributed by atoms with E-state index in [4.69, 9.17) is 19.4 Å². The van der Waals surface area contributed by atoms with E-state index in [2.05, 4.69) is 10.3 Å². The summed E-state index contributed by atoms with van der Waals surface area (Å²) >= 11 is 1.16. The topological polar surface area (TPSA) is 120 Å². The van der Waals surface area contributed by atoms with Crippen LogP contribution in [0.3, 0.4) is 0 Å². The third-order valence-corrected chi connectivity index (χ3v) is 6.56. The number of esters is 2. The Hall–Kier alpha value is -4.96. The summed E-state index contributed by atoms with van der Waals surface area (Å²) in [6.45, 7) is 1.50. The number of ether oxygens (including phenoxy) is 2. The van der Waals surface area contributed by atoms with Crippen molar-refractivity contribution in [1.82, 2.24) is 15.0 Å². The molecule has 2 heterocycles. The van der Waals surface area contributed by atoms with Gasteiger partial charge in [0.1, 0.15) is 0 Å². The smallest absolute Gasteiger partial charge is 0.338 e. The van der Waals surface area contributed by atoms with Gasteiger partial charge in [0.15, 0.2) is 11.7 Å². The highest BCUT2D eigenvalue weighted by Gasteiger charge is 2.17. The highest BCUT2D eigenvalue weighted by molar-refractivity contribution is 7.13. The summed E-state index contributed by atoms with van der Waals surface area (Å²) in [7, 11) is 0. The van der Waals surface area contributed by atoms with Gasteiger partial charge < -0.3 is 9.47 Å². The summed E-state index contributed by atoms with van der Waals surface area (Å²) in [5, 5.41) is 4.52. The number of hydrogen-bond acceptors (Lipinski definition) is 9. The van der Waals surface area contributed by atoms with Crippen LogP contribution in [0.2, 0.25) is 0 Å². The molecule has 0 radical (unpaired) electrons. The fraction of sp³-hybridized carbons (Fsp3) is 0.133. The standard InChI is InChI=1S/C30H24N4O5S/c1-2-38-26(36)16-22-18-40-30(31-22)34-25(35)17-39-29(37)21-13-14-23-24(15-21)33-28(20-11-7-4-8-12-20)27(32-23)19-9-5-3-6-10-19/h3-15,18H,2,16-17H2,1H3,(H,31,34,35). The molecular formula is C30H24N4O5S. The van der Waals surface area contributed by atoms with Crippen molar-refractivity contribution in [1.29, 1.82) is 0 Å². The molecular weight excluding hydrogens is 528 g/mol. The van der Waals surface area contributed by atoms with Crippen LogP contribution in [0.25, 0.3) is 33.5 Å². The molecule has 0 bridgehead atoms. The minimum Gasteiger partial charge on any atom is -0.466 e. The van der Waals surface area contributed by atoms with E-state index in [-0.39, 0.29) is 18.6 Å². The van der Waals surface area contributed by atoms with Crippen molar-refractivity contribution in [2.24, 2.45) is 0 Å². The minimum atomic E-state index is -0.672. The Labute approximate surface area is 233 Å². The summed E-state index contributed by atoms with van der Waals surface area (Å²) in [4.78, 5) is 50.6. The zero-order valence-electron chi connectivity index (χ0n) is 21.5. The number of amides is 1.